The number of imidazole rings is 1. The molecule has 4 rings (SSSR count). The lowest BCUT2D eigenvalue weighted by Crippen LogP contribution is -2.13. The molecule has 4 aromatic rings. The molecule has 23 heavy (non-hydrogen) atoms. The highest BCUT2D eigenvalue weighted by Crippen LogP contribution is 2.27. The molecule has 0 radical (unpaired) electrons. The topological polar surface area (TPSA) is 46.3 Å². The second kappa shape index (κ2) is 5.53. The summed E-state index contributed by atoms with van der Waals surface area (Å²) < 4.78 is 1.99. The second-order valence-electron chi connectivity index (χ2n) is 5.24. The van der Waals surface area contributed by atoms with Crippen molar-refractivity contribution in [3.05, 3.63) is 73.4 Å². The minimum absolute atomic E-state index is 0.808. The minimum Gasteiger partial charge on any atom is -0.326 e. The normalized spacial score (nSPS) is 10.8. The van der Waals surface area contributed by atoms with Crippen LogP contribution in [0.5, 0.6) is 0 Å². The summed E-state index contributed by atoms with van der Waals surface area (Å²) in [5.74, 6) is 0.808. The predicted molar refractivity (Wildman–Crippen MR) is 90.7 cm³/mol. The zero-order valence-electron chi connectivity index (χ0n) is 12.7. The fourth-order valence-corrected chi connectivity index (χ4v) is 2.57. The van der Waals surface area contributed by atoms with Crippen LogP contribution in [0.4, 0.5) is 11.5 Å². The molecule has 112 valence electrons. The minimum atomic E-state index is 0.808. The molecule has 1 aromatic carbocycles. The fraction of sp³-hybridized carbons (Fsp3) is 0.0556. The number of benzene rings is 1. The van der Waals surface area contributed by atoms with Gasteiger partial charge in [-0.05, 0) is 24.3 Å². The van der Waals surface area contributed by atoms with Gasteiger partial charge in [0.25, 0.3) is 0 Å². The van der Waals surface area contributed by atoms with Gasteiger partial charge in [0.15, 0.2) is 11.5 Å². The number of hydrogen-bond donors (Lipinski definition) is 0. The quantitative estimate of drug-likeness (QED) is 0.580. The standard InChI is InChI=1S/C18H15N5/c1-22(15-7-3-2-4-8-15)18-17-20-10-11-23(17)13-16(21-18)14-6-5-9-19-12-14/h2-13H,1H3. The molecular weight excluding hydrogens is 286 g/mol. The van der Waals surface area contributed by atoms with Crippen LogP contribution in [-0.2, 0) is 0 Å². The highest BCUT2D eigenvalue weighted by molar-refractivity contribution is 5.74. The van der Waals surface area contributed by atoms with Crippen molar-refractivity contribution in [2.75, 3.05) is 11.9 Å². The molecule has 3 aromatic heterocycles. The molecule has 0 spiro atoms. The SMILES string of the molecule is CN(c1ccccc1)c1nc(-c2cccnc2)cn2ccnc12. The summed E-state index contributed by atoms with van der Waals surface area (Å²) in [7, 11) is 2.00. The molecule has 0 aliphatic rings. The molecule has 0 bridgehead atoms. The summed E-state index contributed by atoms with van der Waals surface area (Å²) in [6.45, 7) is 0. The van der Waals surface area contributed by atoms with Crippen LogP contribution in [0.1, 0.15) is 0 Å². The second-order valence-corrected chi connectivity index (χ2v) is 5.24. The highest BCUT2D eigenvalue weighted by Gasteiger charge is 2.14. The third-order valence-corrected chi connectivity index (χ3v) is 3.77. The summed E-state index contributed by atoms with van der Waals surface area (Å²) in [6.07, 6.45) is 9.26. The van der Waals surface area contributed by atoms with Crippen molar-refractivity contribution in [2.45, 2.75) is 0 Å². The largest absolute Gasteiger partial charge is 0.326 e. The van der Waals surface area contributed by atoms with E-state index in [9.17, 15) is 0 Å². The third-order valence-electron chi connectivity index (χ3n) is 3.77. The first-order chi connectivity index (χ1) is 11.3. The van der Waals surface area contributed by atoms with E-state index in [1.165, 1.54) is 0 Å². The van der Waals surface area contributed by atoms with E-state index in [1.54, 1.807) is 12.4 Å². The Balaban J connectivity index is 1.90. The van der Waals surface area contributed by atoms with Crippen molar-refractivity contribution in [3.8, 4) is 11.3 Å². The number of aromatic nitrogens is 4. The number of anilines is 2. The van der Waals surface area contributed by atoms with Gasteiger partial charge in [-0.15, -0.1) is 0 Å². The van der Waals surface area contributed by atoms with E-state index >= 15 is 0 Å². The molecule has 0 unspecified atom stereocenters. The first-order valence-corrected chi connectivity index (χ1v) is 7.36. The lowest BCUT2D eigenvalue weighted by Gasteiger charge is -2.19. The highest BCUT2D eigenvalue weighted by atomic mass is 15.2. The van der Waals surface area contributed by atoms with Crippen LogP contribution in [0.3, 0.4) is 0 Å². The Morgan fingerprint density at radius 3 is 2.65 bits per heavy atom. The maximum absolute atomic E-state index is 4.82. The molecule has 3 heterocycles. The Kier molecular flexibility index (Phi) is 3.24. The monoisotopic (exact) mass is 301 g/mol. The van der Waals surface area contributed by atoms with Crippen LogP contribution >= 0.6 is 0 Å². The molecule has 0 aliphatic heterocycles. The molecule has 0 fully saturated rings. The van der Waals surface area contributed by atoms with Gasteiger partial charge in [-0.25, -0.2) is 9.97 Å². The summed E-state index contributed by atoms with van der Waals surface area (Å²) in [5.41, 5.74) is 3.73. The van der Waals surface area contributed by atoms with Crippen LogP contribution < -0.4 is 4.90 Å². The number of fused-ring (bicyclic) bond motifs is 1. The first-order valence-electron chi connectivity index (χ1n) is 7.36. The molecule has 0 aliphatic carbocycles. The number of rotatable bonds is 3. The van der Waals surface area contributed by atoms with Gasteiger partial charge in [-0.1, -0.05) is 18.2 Å². The molecule has 5 heteroatoms. The van der Waals surface area contributed by atoms with Gasteiger partial charge in [-0.2, -0.15) is 0 Å². The van der Waals surface area contributed by atoms with E-state index in [2.05, 4.69) is 22.1 Å². The Morgan fingerprint density at radius 2 is 1.87 bits per heavy atom. The van der Waals surface area contributed by atoms with Gasteiger partial charge in [0.1, 0.15) is 0 Å². The number of nitrogens with zero attached hydrogens (tertiary/aromatic N) is 5. The van der Waals surface area contributed by atoms with Crippen molar-refractivity contribution >= 4 is 17.2 Å². The van der Waals surface area contributed by atoms with Gasteiger partial charge in [0.2, 0.25) is 0 Å². The Morgan fingerprint density at radius 1 is 1.00 bits per heavy atom. The van der Waals surface area contributed by atoms with Crippen LogP contribution in [-0.4, -0.2) is 26.4 Å². The summed E-state index contributed by atoms with van der Waals surface area (Å²) in [4.78, 5) is 15.5. The van der Waals surface area contributed by atoms with Crippen LogP contribution in [0.15, 0.2) is 73.4 Å². The first kappa shape index (κ1) is 13.5. The van der Waals surface area contributed by atoms with Crippen molar-refractivity contribution in [1.29, 1.82) is 0 Å². The predicted octanol–water partition coefficient (Wildman–Crippen LogP) is 3.56. The van der Waals surface area contributed by atoms with Crippen molar-refractivity contribution in [3.63, 3.8) is 0 Å². The maximum atomic E-state index is 4.82. The Bertz CT molecular complexity index is 931. The Labute approximate surface area is 133 Å². The van der Waals surface area contributed by atoms with E-state index in [1.807, 2.05) is 65.3 Å². The molecule has 0 N–H and O–H groups in total. The van der Waals surface area contributed by atoms with Crippen LogP contribution in [0, 0.1) is 0 Å². The van der Waals surface area contributed by atoms with Crippen molar-refractivity contribution < 1.29 is 0 Å². The molecule has 0 atom stereocenters. The van der Waals surface area contributed by atoms with Crippen molar-refractivity contribution in [1.82, 2.24) is 19.4 Å². The van der Waals surface area contributed by atoms with E-state index in [0.717, 1.165) is 28.4 Å². The zero-order chi connectivity index (χ0) is 15.6. The summed E-state index contributed by atoms with van der Waals surface area (Å²) >= 11 is 0. The third kappa shape index (κ3) is 2.42. The average Bonchev–Trinajstić information content (AvgIpc) is 3.10. The van der Waals surface area contributed by atoms with Gasteiger partial charge >= 0.3 is 0 Å². The number of para-hydroxylation sites is 1. The molecule has 5 nitrogen and oxygen atoms in total. The number of pyridine rings is 1. The lowest BCUT2D eigenvalue weighted by atomic mass is 10.2. The fourth-order valence-electron chi connectivity index (χ4n) is 2.57. The molecule has 0 saturated heterocycles. The molecule has 0 saturated carbocycles. The summed E-state index contributed by atoms with van der Waals surface area (Å²) in [6, 6.07) is 14.1. The smallest absolute Gasteiger partial charge is 0.180 e. The average molecular weight is 301 g/mol. The molecule has 0 amide bonds. The van der Waals surface area contributed by atoms with E-state index in [-0.39, 0.29) is 0 Å². The van der Waals surface area contributed by atoms with E-state index in [0.29, 0.717) is 0 Å². The van der Waals surface area contributed by atoms with Gasteiger partial charge < -0.3 is 9.30 Å². The van der Waals surface area contributed by atoms with Crippen molar-refractivity contribution in [2.24, 2.45) is 0 Å². The van der Waals surface area contributed by atoms with Gasteiger partial charge in [0.05, 0.1) is 5.69 Å². The van der Waals surface area contributed by atoms with Gasteiger partial charge in [0, 0.05) is 49.3 Å². The zero-order valence-corrected chi connectivity index (χ0v) is 12.7. The lowest BCUT2D eigenvalue weighted by molar-refractivity contribution is 1.07. The van der Waals surface area contributed by atoms with Crippen LogP contribution in [0.2, 0.25) is 0 Å². The Hall–Kier alpha value is -3.21. The summed E-state index contributed by atoms with van der Waals surface area (Å²) in [5, 5.41) is 0. The van der Waals surface area contributed by atoms with Crippen LogP contribution in [0.25, 0.3) is 16.9 Å². The maximum Gasteiger partial charge on any atom is 0.180 e. The number of hydrogen-bond acceptors (Lipinski definition) is 4. The van der Waals surface area contributed by atoms with E-state index in [4.69, 9.17) is 4.98 Å². The molecular formula is C18H15N5. The van der Waals surface area contributed by atoms with Gasteiger partial charge in [-0.3, -0.25) is 4.98 Å². The van der Waals surface area contributed by atoms with E-state index < -0.39 is 0 Å².